The standard InChI is InChI=1S/C14H22N2O4/c1-9-8-10(17)15(12(19)20-14(5,6)7)11(18)16(9)13(2,3)4/h8H,1-7H3. The summed E-state index contributed by atoms with van der Waals surface area (Å²) in [6, 6.07) is 1.26. The number of rotatable bonds is 0. The van der Waals surface area contributed by atoms with Gasteiger partial charge in [-0.1, -0.05) is 0 Å². The van der Waals surface area contributed by atoms with Crippen molar-refractivity contribution in [3.63, 3.8) is 0 Å². The van der Waals surface area contributed by atoms with Crippen LogP contribution in [0.4, 0.5) is 4.79 Å². The second-order valence-corrected chi connectivity index (χ2v) is 6.73. The Balaban J connectivity index is 3.55. The molecule has 0 saturated carbocycles. The van der Waals surface area contributed by atoms with Crippen molar-refractivity contribution in [3.05, 3.63) is 32.6 Å². The van der Waals surface area contributed by atoms with Gasteiger partial charge in [0.25, 0.3) is 5.56 Å². The van der Waals surface area contributed by atoms with E-state index < -0.39 is 28.5 Å². The first-order chi connectivity index (χ1) is 8.84. The van der Waals surface area contributed by atoms with Crippen LogP contribution in [-0.2, 0) is 10.3 Å². The number of aromatic nitrogens is 2. The minimum absolute atomic E-state index is 0.507. The smallest absolute Gasteiger partial charge is 0.425 e. The first kappa shape index (κ1) is 16.2. The van der Waals surface area contributed by atoms with E-state index in [2.05, 4.69) is 0 Å². The number of carbonyl (C=O) groups is 1. The summed E-state index contributed by atoms with van der Waals surface area (Å²) in [5.74, 6) is 0. The van der Waals surface area contributed by atoms with E-state index in [4.69, 9.17) is 4.74 Å². The molecule has 0 aliphatic carbocycles. The molecule has 0 radical (unpaired) electrons. The minimum Gasteiger partial charge on any atom is -0.443 e. The molecule has 6 heteroatoms. The first-order valence-corrected chi connectivity index (χ1v) is 6.44. The van der Waals surface area contributed by atoms with Crippen LogP contribution in [0.5, 0.6) is 0 Å². The summed E-state index contributed by atoms with van der Waals surface area (Å²) in [5, 5.41) is 0. The zero-order chi connectivity index (χ0) is 15.9. The summed E-state index contributed by atoms with van der Waals surface area (Å²) in [6.45, 7) is 12.2. The zero-order valence-corrected chi connectivity index (χ0v) is 13.1. The highest BCUT2D eigenvalue weighted by molar-refractivity contribution is 5.70. The predicted octanol–water partition coefficient (Wildman–Crippen LogP) is 1.86. The third kappa shape index (κ3) is 3.37. The molecule has 0 aromatic carbocycles. The number of hydrogen-bond donors (Lipinski definition) is 0. The van der Waals surface area contributed by atoms with Crippen molar-refractivity contribution in [1.29, 1.82) is 0 Å². The Morgan fingerprint density at radius 3 is 2.00 bits per heavy atom. The Morgan fingerprint density at radius 2 is 1.60 bits per heavy atom. The summed E-state index contributed by atoms with van der Waals surface area (Å²) < 4.78 is 7.04. The van der Waals surface area contributed by atoms with Crippen molar-refractivity contribution < 1.29 is 9.53 Å². The molecule has 1 heterocycles. The Bertz CT molecular complexity index is 639. The van der Waals surface area contributed by atoms with E-state index in [0.29, 0.717) is 10.3 Å². The quantitative estimate of drug-likeness (QED) is 0.728. The van der Waals surface area contributed by atoms with Crippen molar-refractivity contribution in [1.82, 2.24) is 9.13 Å². The molecule has 6 nitrogen and oxygen atoms in total. The average molecular weight is 282 g/mol. The van der Waals surface area contributed by atoms with E-state index >= 15 is 0 Å². The molecule has 1 aromatic rings. The number of hydrogen-bond acceptors (Lipinski definition) is 4. The topological polar surface area (TPSA) is 70.3 Å². The summed E-state index contributed by atoms with van der Waals surface area (Å²) in [6.07, 6.45) is -0.953. The van der Waals surface area contributed by atoms with Crippen LogP contribution in [-0.4, -0.2) is 20.8 Å². The van der Waals surface area contributed by atoms with Crippen molar-refractivity contribution in [3.8, 4) is 0 Å². The van der Waals surface area contributed by atoms with Crippen LogP contribution in [0.1, 0.15) is 47.2 Å². The highest BCUT2D eigenvalue weighted by Gasteiger charge is 2.25. The SMILES string of the molecule is Cc1cc(=O)n(C(=O)OC(C)(C)C)c(=O)n1C(C)(C)C. The van der Waals surface area contributed by atoms with Gasteiger partial charge in [0.15, 0.2) is 0 Å². The lowest BCUT2D eigenvalue weighted by molar-refractivity contribution is 0.0517. The molecule has 0 aliphatic heterocycles. The number of nitrogens with zero attached hydrogens (tertiary/aromatic N) is 2. The maximum absolute atomic E-state index is 12.4. The zero-order valence-electron chi connectivity index (χ0n) is 13.1. The lowest BCUT2D eigenvalue weighted by Crippen LogP contribution is -2.49. The third-order valence-corrected chi connectivity index (χ3v) is 2.53. The lowest BCUT2D eigenvalue weighted by Gasteiger charge is -2.26. The Hall–Kier alpha value is -1.85. The van der Waals surface area contributed by atoms with Gasteiger partial charge in [0, 0.05) is 17.3 Å². The summed E-state index contributed by atoms with van der Waals surface area (Å²) in [4.78, 5) is 36.3. The van der Waals surface area contributed by atoms with Crippen molar-refractivity contribution in [2.24, 2.45) is 0 Å². The van der Waals surface area contributed by atoms with Crippen LogP contribution >= 0.6 is 0 Å². The Morgan fingerprint density at radius 1 is 1.10 bits per heavy atom. The van der Waals surface area contributed by atoms with Crippen molar-refractivity contribution in [2.45, 2.75) is 59.6 Å². The molecule has 1 aromatic heterocycles. The van der Waals surface area contributed by atoms with Crippen LogP contribution in [0, 0.1) is 6.92 Å². The molecule has 112 valence electrons. The normalized spacial score (nSPS) is 12.3. The second kappa shape index (κ2) is 4.92. The molecule has 20 heavy (non-hydrogen) atoms. The van der Waals surface area contributed by atoms with Crippen molar-refractivity contribution in [2.75, 3.05) is 0 Å². The van der Waals surface area contributed by atoms with Crippen LogP contribution in [0.25, 0.3) is 0 Å². The van der Waals surface area contributed by atoms with Gasteiger partial charge in [-0.15, -0.1) is 0 Å². The van der Waals surface area contributed by atoms with Gasteiger partial charge >= 0.3 is 11.8 Å². The van der Waals surface area contributed by atoms with Gasteiger partial charge < -0.3 is 4.74 Å². The van der Waals surface area contributed by atoms with Crippen molar-refractivity contribution >= 4 is 6.09 Å². The number of aryl methyl sites for hydroxylation is 1. The second-order valence-electron chi connectivity index (χ2n) is 6.73. The molecular formula is C14H22N2O4. The van der Waals surface area contributed by atoms with E-state index in [0.717, 1.165) is 0 Å². The van der Waals surface area contributed by atoms with E-state index in [-0.39, 0.29) is 0 Å². The fraction of sp³-hybridized carbons (Fsp3) is 0.643. The molecule has 0 aliphatic rings. The molecule has 0 bridgehead atoms. The molecule has 0 fully saturated rings. The molecule has 0 atom stereocenters. The highest BCUT2D eigenvalue weighted by atomic mass is 16.6. The Kier molecular flexibility index (Phi) is 3.99. The van der Waals surface area contributed by atoms with E-state index in [1.807, 2.05) is 20.8 Å². The van der Waals surface area contributed by atoms with Gasteiger partial charge in [-0.25, -0.2) is 9.59 Å². The molecular weight excluding hydrogens is 260 g/mol. The molecule has 0 unspecified atom stereocenters. The average Bonchev–Trinajstić information content (AvgIpc) is 2.09. The predicted molar refractivity (Wildman–Crippen MR) is 76.3 cm³/mol. The molecule has 0 amide bonds. The maximum atomic E-state index is 12.4. The molecule has 0 spiro atoms. The van der Waals surface area contributed by atoms with Gasteiger partial charge in [-0.3, -0.25) is 9.36 Å². The van der Waals surface area contributed by atoms with E-state index in [9.17, 15) is 14.4 Å². The van der Waals surface area contributed by atoms with Gasteiger partial charge in [-0.05, 0) is 48.5 Å². The van der Waals surface area contributed by atoms with Crippen LogP contribution in [0.3, 0.4) is 0 Å². The Labute approximate surface area is 118 Å². The largest absolute Gasteiger partial charge is 0.443 e. The van der Waals surface area contributed by atoms with Gasteiger partial charge in [0.1, 0.15) is 5.60 Å². The fourth-order valence-electron chi connectivity index (χ4n) is 1.94. The summed E-state index contributed by atoms with van der Waals surface area (Å²) >= 11 is 0. The van der Waals surface area contributed by atoms with Gasteiger partial charge in [0.05, 0.1) is 0 Å². The van der Waals surface area contributed by atoms with Crippen LogP contribution in [0.2, 0.25) is 0 Å². The lowest BCUT2D eigenvalue weighted by atomic mass is 10.1. The van der Waals surface area contributed by atoms with Crippen LogP contribution < -0.4 is 11.2 Å². The molecule has 0 saturated heterocycles. The highest BCUT2D eigenvalue weighted by Crippen LogP contribution is 2.13. The monoisotopic (exact) mass is 282 g/mol. The van der Waals surface area contributed by atoms with E-state index in [1.165, 1.54) is 10.6 Å². The summed E-state index contributed by atoms with van der Waals surface area (Å²) in [5.41, 5.74) is -2.18. The first-order valence-electron chi connectivity index (χ1n) is 6.44. The van der Waals surface area contributed by atoms with Gasteiger partial charge in [-0.2, -0.15) is 4.57 Å². The minimum atomic E-state index is -0.953. The molecule has 0 N–H and O–H groups in total. The van der Waals surface area contributed by atoms with Gasteiger partial charge in [0.2, 0.25) is 0 Å². The van der Waals surface area contributed by atoms with E-state index in [1.54, 1.807) is 27.7 Å². The summed E-state index contributed by atoms with van der Waals surface area (Å²) in [7, 11) is 0. The molecule has 1 rings (SSSR count). The van der Waals surface area contributed by atoms with Crippen LogP contribution in [0.15, 0.2) is 15.7 Å². The number of ether oxygens (including phenoxy) is 1. The maximum Gasteiger partial charge on any atom is 0.425 e. The fourth-order valence-corrected chi connectivity index (χ4v) is 1.94. The number of carbonyl (C=O) groups excluding carboxylic acids is 1. The third-order valence-electron chi connectivity index (χ3n) is 2.53.